The van der Waals surface area contributed by atoms with Crippen LogP contribution >= 0.6 is 0 Å². The molecule has 4 heteroatoms. The van der Waals surface area contributed by atoms with Gasteiger partial charge in [0.2, 0.25) is 0 Å². The van der Waals surface area contributed by atoms with E-state index in [2.05, 4.69) is 11.1 Å². The first kappa shape index (κ1) is 14.0. The van der Waals surface area contributed by atoms with E-state index in [-0.39, 0.29) is 11.6 Å². The lowest BCUT2D eigenvalue weighted by Crippen LogP contribution is -2.56. The van der Waals surface area contributed by atoms with E-state index in [0.29, 0.717) is 5.92 Å². The molecule has 1 aromatic heterocycles. The quantitative estimate of drug-likeness (QED) is 0.917. The van der Waals surface area contributed by atoms with E-state index in [1.807, 2.05) is 12.3 Å². The van der Waals surface area contributed by atoms with Gasteiger partial charge >= 0.3 is 0 Å². The molecular formula is C16H24N2O2. The molecule has 0 aromatic carbocycles. The summed E-state index contributed by atoms with van der Waals surface area (Å²) in [7, 11) is 1.79. The Balaban J connectivity index is 1.88. The minimum atomic E-state index is -0.255. The molecule has 3 rings (SSSR count). The van der Waals surface area contributed by atoms with Crippen molar-refractivity contribution < 1.29 is 9.47 Å². The Morgan fingerprint density at radius 3 is 3.00 bits per heavy atom. The highest BCUT2D eigenvalue weighted by molar-refractivity contribution is 5.28. The third kappa shape index (κ3) is 2.36. The monoisotopic (exact) mass is 276 g/mol. The molecule has 2 heterocycles. The van der Waals surface area contributed by atoms with Gasteiger partial charge < -0.3 is 15.2 Å². The second-order valence-corrected chi connectivity index (χ2v) is 5.95. The number of fused-ring (bicyclic) bond motifs is 1. The average Bonchev–Trinajstić information content (AvgIpc) is 2.54. The van der Waals surface area contributed by atoms with Crippen LogP contribution in [0.15, 0.2) is 18.3 Å². The Labute approximate surface area is 120 Å². The predicted octanol–water partition coefficient (Wildman–Crippen LogP) is 2.02. The molecule has 1 saturated heterocycles. The molecule has 4 nitrogen and oxygen atoms in total. The number of nitrogens with two attached hydrogens (primary N) is 1. The summed E-state index contributed by atoms with van der Waals surface area (Å²) in [6.45, 7) is 1.48. The summed E-state index contributed by atoms with van der Waals surface area (Å²) < 4.78 is 11.4. The minimum Gasteiger partial charge on any atom is -0.381 e. The van der Waals surface area contributed by atoms with Gasteiger partial charge in [-0.1, -0.05) is 6.07 Å². The summed E-state index contributed by atoms with van der Waals surface area (Å²) in [4.78, 5) is 4.62. The second kappa shape index (κ2) is 5.80. The number of nitrogens with zero attached hydrogens (tertiary/aromatic N) is 1. The van der Waals surface area contributed by atoms with Gasteiger partial charge in [-0.2, -0.15) is 0 Å². The van der Waals surface area contributed by atoms with Crippen molar-refractivity contribution in [2.75, 3.05) is 20.3 Å². The lowest BCUT2D eigenvalue weighted by molar-refractivity contribution is -0.109. The van der Waals surface area contributed by atoms with Crippen molar-refractivity contribution in [1.82, 2.24) is 4.98 Å². The van der Waals surface area contributed by atoms with Crippen molar-refractivity contribution in [2.24, 2.45) is 5.73 Å². The number of aromatic nitrogens is 1. The van der Waals surface area contributed by atoms with Gasteiger partial charge in [0.1, 0.15) is 0 Å². The predicted molar refractivity (Wildman–Crippen MR) is 77.7 cm³/mol. The summed E-state index contributed by atoms with van der Waals surface area (Å²) in [5.41, 5.74) is 8.96. The van der Waals surface area contributed by atoms with Gasteiger partial charge in [0.25, 0.3) is 0 Å². The van der Waals surface area contributed by atoms with Gasteiger partial charge in [0, 0.05) is 57.0 Å². The van der Waals surface area contributed by atoms with E-state index in [9.17, 15) is 0 Å². The largest absolute Gasteiger partial charge is 0.381 e. The van der Waals surface area contributed by atoms with Crippen molar-refractivity contribution in [1.29, 1.82) is 0 Å². The molecular weight excluding hydrogens is 252 g/mol. The van der Waals surface area contributed by atoms with Crippen LogP contribution in [-0.2, 0) is 15.9 Å². The fraction of sp³-hybridized carbons (Fsp3) is 0.688. The molecule has 1 aromatic rings. The number of aryl methyl sites for hydroxylation is 1. The third-order valence-corrected chi connectivity index (χ3v) is 5.03. The maximum Gasteiger partial charge on any atom is 0.0879 e. The summed E-state index contributed by atoms with van der Waals surface area (Å²) in [5, 5.41) is 0. The number of hydrogen-bond donors (Lipinski definition) is 1. The van der Waals surface area contributed by atoms with Crippen molar-refractivity contribution >= 4 is 0 Å². The Hall–Kier alpha value is -0.970. The van der Waals surface area contributed by atoms with Crippen LogP contribution in [0.3, 0.4) is 0 Å². The molecule has 2 atom stereocenters. The van der Waals surface area contributed by atoms with Gasteiger partial charge in [0.15, 0.2) is 0 Å². The van der Waals surface area contributed by atoms with E-state index in [1.165, 1.54) is 17.7 Å². The zero-order chi connectivity index (χ0) is 14.0. The van der Waals surface area contributed by atoms with Crippen LogP contribution in [0.5, 0.6) is 0 Å². The number of rotatable bonds is 3. The third-order valence-electron chi connectivity index (χ3n) is 5.03. The summed E-state index contributed by atoms with van der Waals surface area (Å²) in [5.74, 6) is 0.304. The van der Waals surface area contributed by atoms with Gasteiger partial charge in [-0.15, -0.1) is 0 Å². The van der Waals surface area contributed by atoms with Gasteiger partial charge in [-0.25, -0.2) is 0 Å². The Kier molecular flexibility index (Phi) is 4.06. The summed E-state index contributed by atoms with van der Waals surface area (Å²) in [6.07, 6.45) is 7.06. The van der Waals surface area contributed by atoms with Crippen molar-refractivity contribution in [3.8, 4) is 0 Å². The standard InChI is InChI=1S/C16H24N2O2/c1-19-16(7-10-20-11-8-16)15(17)13-6-2-4-12-5-3-9-18-14(12)13/h3,5,9,13,15H,2,4,6-8,10-11,17H2,1H3. The van der Waals surface area contributed by atoms with E-state index in [4.69, 9.17) is 15.2 Å². The highest BCUT2D eigenvalue weighted by Gasteiger charge is 2.44. The topological polar surface area (TPSA) is 57.4 Å². The van der Waals surface area contributed by atoms with Crippen molar-refractivity contribution in [3.63, 3.8) is 0 Å². The van der Waals surface area contributed by atoms with Crippen LogP contribution in [0, 0.1) is 0 Å². The van der Waals surface area contributed by atoms with E-state index < -0.39 is 0 Å². The van der Waals surface area contributed by atoms with E-state index in [1.54, 1.807) is 7.11 Å². The molecule has 0 saturated carbocycles. The number of ether oxygens (including phenoxy) is 2. The van der Waals surface area contributed by atoms with Crippen molar-refractivity contribution in [3.05, 3.63) is 29.6 Å². The normalized spacial score (nSPS) is 26.8. The lowest BCUT2D eigenvalue weighted by atomic mass is 9.73. The Morgan fingerprint density at radius 1 is 1.45 bits per heavy atom. The molecule has 2 N–H and O–H groups in total. The average molecular weight is 276 g/mol. The molecule has 0 bridgehead atoms. The lowest BCUT2D eigenvalue weighted by Gasteiger charge is -2.44. The Bertz CT molecular complexity index is 458. The minimum absolute atomic E-state index is 0.00894. The molecule has 1 aliphatic heterocycles. The molecule has 20 heavy (non-hydrogen) atoms. The zero-order valence-corrected chi connectivity index (χ0v) is 12.2. The van der Waals surface area contributed by atoms with Crippen LogP contribution in [-0.4, -0.2) is 37.0 Å². The number of pyridine rings is 1. The van der Waals surface area contributed by atoms with Crippen LogP contribution < -0.4 is 5.73 Å². The van der Waals surface area contributed by atoms with Crippen LogP contribution in [0.2, 0.25) is 0 Å². The van der Waals surface area contributed by atoms with Gasteiger partial charge in [-0.05, 0) is 30.9 Å². The maximum atomic E-state index is 6.66. The van der Waals surface area contributed by atoms with Crippen LogP contribution in [0.25, 0.3) is 0 Å². The molecule has 110 valence electrons. The van der Waals surface area contributed by atoms with Crippen LogP contribution in [0.1, 0.15) is 42.9 Å². The molecule has 0 radical (unpaired) electrons. The molecule has 0 spiro atoms. The first-order chi connectivity index (χ1) is 9.77. The van der Waals surface area contributed by atoms with E-state index in [0.717, 1.165) is 38.9 Å². The fourth-order valence-electron chi connectivity index (χ4n) is 3.75. The molecule has 1 fully saturated rings. The second-order valence-electron chi connectivity index (χ2n) is 5.95. The van der Waals surface area contributed by atoms with Crippen LogP contribution in [0.4, 0.5) is 0 Å². The number of methoxy groups -OCH3 is 1. The molecule has 1 aliphatic carbocycles. The highest BCUT2D eigenvalue weighted by Crippen LogP contribution is 2.39. The van der Waals surface area contributed by atoms with E-state index >= 15 is 0 Å². The zero-order valence-electron chi connectivity index (χ0n) is 12.2. The first-order valence-electron chi connectivity index (χ1n) is 7.59. The number of hydrogen-bond acceptors (Lipinski definition) is 4. The van der Waals surface area contributed by atoms with Gasteiger partial charge in [-0.3, -0.25) is 4.98 Å². The summed E-state index contributed by atoms with van der Waals surface area (Å²) in [6, 6.07) is 4.20. The summed E-state index contributed by atoms with van der Waals surface area (Å²) >= 11 is 0. The van der Waals surface area contributed by atoms with Crippen molar-refractivity contribution in [2.45, 2.75) is 49.7 Å². The smallest absolute Gasteiger partial charge is 0.0879 e. The molecule has 2 aliphatic rings. The molecule has 2 unspecified atom stereocenters. The molecule has 0 amide bonds. The maximum absolute atomic E-state index is 6.66. The van der Waals surface area contributed by atoms with Gasteiger partial charge in [0.05, 0.1) is 5.60 Å². The fourth-order valence-corrected chi connectivity index (χ4v) is 3.75. The first-order valence-corrected chi connectivity index (χ1v) is 7.59. The highest BCUT2D eigenvalue weighted by atomic mass is 16.5. The Morgan fingerprint density at radius 2 is 2.25 bits per heavy atom. The SMILES string of the molecule is COC1(C(N)C2CCCc3cccnc32)CCOCC1.